The molecule has 1 heterocycles. The van der Waals surface area contributed by atoms with Crippen LogP contribution in [0.1, 0.15) is 18.1 Å². The Morgan fingerprint density at radius 1 is 1.17 bits per heavy atom. The molecule has 1 N–H and O–H groups in total. The van der Waals surface area contributed by atoms with Gasteiger partial charge in [0.15, 0.2) is 5.96 Å². The number of hydrogen-bond acceptors (Lipinski definition) is 3. The summed E-state index contributed by atoms with van der Waals surface area (Å²) in [5.41, 5.74) is 2.20. The summed E-state index contributed by atoms with van der Waals surface area (Å²) in [4.78, 5) is 10.9. The van der Waals surface area contributed by atoms with Crippen LogP contribution in [0.5, 0.6) is 5.88 Å². The van der Waals surface area contributed by atoms with Crippen molar-refractivity contribution in [1.82, 2.24) is 15.2 Å². The molecule has 0 aliphatic carbocycles. The molecule has 0 aliphatic heterocycles. The van der Waals surface area contributed by atoms with E-state index in [4.69, 9.17) is 4.74 Å². The average molecular weight is 312 g/mol. The van der Waals surface area contributed by atoms with Crippen LogP contribution >= 0.6 is 0 Å². The zero-order valence-electron chi connectivity index (χ0n) is 14.0. The van der Waals surface area contributed by atoms with Crippen LogP contribution in [-0.2, 0) is 13.1 Å². The van der Waals surface area contributed by atoms with Crippen LogP contribution in [0.2, 0.25) is 0 Å². The van der Waals surface area contributed by atoms with E-state index in [0.29, 0.717) is 25.6 Å². The maximum Gasteiger partial charge on any atom is 0.218 e. The fraction of sp³-hybridized carbons (Fsp3) is 0.333. The van der Waals surface area contributed by atoms with E-state index in [1.807, 2.05) is 56.3 Å². The normalized spacial score (nSPS) is 11.2. The summed E-state index contributed by atoms with van der Waals surface area (Å²) in [6.07, 6.45) is 1.74. The minimum absolute atomic E-state index is 0.604. The summed E-state index contributed by atoms with van der Waals surface area (Å²) in [6, 6.07) is 14.1. The van der Waals surface area contributed by atoms with Crippen LogP contribution in [-0.4, -0.2) is 36.5 Å². The highest BCUT2D eigenvalue weighted by Gasteiger charge is 2.07. The number of guanidine groups is 1. The van der Waals surface area contributed by atoms with Crippen molar-refractivity contribution in [3.05, 3.63) is 59.8 Å². The predicted octanol–water partition coefficient (Wildman–Crippen LogP) is 2.69. The molecule has 0 fully saturated rings. The van der Waals surface area contributed by atoms with Gasteiger partial charge < -0.3 is 15.0 Å². The number of pyridine rings is 1. The van der Waals surface area contributed by atoms with Gasteiger partial charge in [0, 0.05) is 32.4 Å². The van der Waals surface area contributed by atoms with Crippen molar-refractivity contribution in [2.45, 2.75) is 20.0 Å². The van der Waals surface area contributed by atoms with E-state index in [1.54, 1.807) is 6.20 Å². The van der Waals surface area contributed by atoms with Gasteiger partial charge in [-0.3, -0.25) is 0 Å². The van der Waals surface area contributed by atoms with Gasteiger partial charge in [0.05, 0.1) is 13.2 Å². The summed E-state index contributed by atoms with van der Waals surface area (Å²) in [6.45, 7) is 3.83. The van der Waals surface area contributed by atoms with Crippen molar-refractivity contribution in [3.63, 3.8) is 0 Å². The lowest BCUT2D eigenvalue weighted by Gasteiger charge is -2.18. The third kappa shape index (κ3) is 5.29. The van der Waals surface area contributed by atoms with Crippen LogP contribution in [0.3, 0.4) is 0 Å². The molecular formula is C18H24N4O. The molecule has 1 aromatic heterocycles. The lowest BCUT2D eigenvalue weighted by Crippen LogP contribution is -2.36. The quantitative estimate of drug-likeness (QED) is 0.658. The van der Waals surface area contributed by atoms with Gasteiger partial charge in [-0.1, -0.05) is 36.4 Å². The highest BCUT2D eigenvalue weighted by atomic mass is 16.5. The lowest BCUT2D eigenvalue weighted by molar-refractivity contribution is 0.322. The van der Waals surface area contributed by atoms with Crippen molar-refractivity contribution in [2.75, 3.05) is 20.7 Å². The summed E-state index contributed by atoms with van der Waals surface area (Å²) in [7, 11) is 3.95. The van der Waals surface area contributed by atoms with Crippen LogP contribution in [0.4, 0.5) is 0 Å². The molecule has 5 heteroatoms. The zero-order valence-corrected chi connectivity index (χ0v) is 14.0. The van der Waals surface area contributed by atoms with Crippen LogP contribution < -0.4 is 10.1 Å². The summed E-state index contributed by atoms with van der Waals surface area (Å²) in [5.74, 6) is 1.50. The molecule has 23 heavy (non-hydrogen) atoms. The number of nitrogens with one attached hydrogen (secondary N) is 1. The first-order valence-corrected chi connectivity index (χ1v) is 7.77. The Balaban J connectivity index is 2.03. The monoisotopic (exact) mass is 312 g/mol. The molecule has 2 rings (SSSR count). The van der Waals surface area contributed by atoms with Crippen molar-refractivity contribution in [2.24, 2.45) is 4.99 Å². The summed E-state index contributed by atoms with van der Waals surface area (Å²) in [5, 5.41) is 3.36. The Kier molecular flexibility index (Phi) is 6.41. The van der Waals surface area contributed by atoms with Gasteiger partial charge in [-0.2, -0.15) is 0 Å². The molecule has 0 bridgehead atoms. The number of aliphatic imine (C=N–C) groups is 1. The van der Waals surface area contributed by atoms with Crippen LogP contribution in [0.15, 0.2) is 53.7 Å². The van der Waals surface area contributed by atoms with E-state index >= 15 is 0 Å². The van der Waals surface area contributed by atoms with E-state index < -0.39 is 0 Å². The van der Waals surface area contributed by atoms with Crippen molar-refractivity contribution < 1.29 is 4.74 Å². The van der Waals surface area contributed by atoms with Gasteiger partial charge in [-0.25, -0.2) is 9.98 Å². The highest BCUT2D eigenvalue weighted by molar-refractivity contribution is 5.79. The molecule has 0 spiro atoms. The van der Waals surface area contributed by atoms with Gasteiger partial charge in [-0.05, 0) is 18.6 Å². The Bertz CT molecular complexity index is 626. The SMILES string of the molecule is CCOc1ncccc1CNC(=NCc1ccccc1)N(C)C. The molecule has 1 aromatic carbocycles. The molecule has 0 saturated carbocycles. The number of aromatic nitrogens is 1. The van der Waals surface area contributed by atoms with Crippen molar-refractivity contribution in [1.29, 1.82) is 0 Å². The molecule has 122 valence electrons. The molecule has 0 radical (unpaired) electrons. The van der Waals surface area contributed by atoms with Crippen LogP contribution in [0.25, 0.3) is 0 Å². The van der Waals surface area contributed by atoms with Crippen molar-refractivity contribution >= 4 is 5.96 Å². The second kappa shape index (κ2) is 8.78. The Labute approximate surface area is 138 Å². The number of benzene rings is 1. The molecule has 0 saturated heterocycles. The summed E-state index contributed by atoms with van der Waals surface area (Å²) >= 11 is 0. The highest BCUT2D eigenvalue weighted by Crippen LogP contribution is 2.13. The molecular weight excluding hydrogens is 288 g/mol. The third-order valence-corrected chi connectivity index (χ3v) is 3.25. The number of rotatable bonds is 6. The molecule has 0 aliphatic rings. The van der Waals surface area contributed by atoms with Crippen molar-refractivity contribution in [3.8, 4) is 5.88 Å². The van der Waals surface area contributed by atoms with E-state index in [0.717, 1.165) is 11.5 Å². The van der Waals surface area contributed by atoms with Gasteiger partial charge in [0.25, 0.3) is 0 Å². The maximum atomic E-state index is 5.55. The molecule has 0 unspecified atom stereocenters. The standard InChI is InChI=1S/C18H24N4O/c1-4-23-17-16(11-8-12-19-17)14-21-18(22(2)3)20-13-15-9-6-5-7-10-15/h5-12H,4,13-14H2,1-3H3,(H,20,21). The fourth-order valence-corrected chi connectivity index (χ4v) is 2.10. The van der Waals surface area contributed by atoms with E-state index in [9.17, 15) is 0 Å². The minimum Gasteiger partial charge on any atom is -0.478 e. The second-order valence-electron chi connectivity index (χ2n) is 5.27. The molecule has 5 nitrogen and oxygen atoms in total. The first kappa shape index (κ1) is 16.8. The Morgan fingerprint density at radius 2 is 1.96 bits per heavy atom. The second-order valence-corrected chi connectivity index (χ2v) is 5.27. The number of nitrogens with zero attached hydrogens (tertiary/aromatic N) is 3. The first-order chi connectivity index (χ1) is 11.2. The topological polar surface area (TPSA) is 49.8 Å². The Morgan fingerprint density at radius 3 is 2.65 bits per heavy atom. The Hall–Kier alpha value is -2.56. The molecule has 0 amide bonds. The average Bonchev–Trinajstić information content (AvgIpc) is 2.57. The summed E-state index contributed by atoms with van der Waals surface area (Å²) < 4.78 is 5.55. The van der Waals surface area contributed by atoms with E-state index in [1.165, 1.54) is 5.56 Å². The van der Waals surface area contributed by atoms with Gasteiger partial charge >= 0.3 is 0 Å². The lowest BCUT2D eigenvalue weighted by atomic mass is 10.2. The van der Waals surface area contributed by atoms with Crippen LogP contribution in [0, 0.1) is 0 Å². The largest absolute Gasteiger partial charge is 0.478 e. The predicted molar refractivity (Wildman–Crippen MR) is 93.5 cm³/mol. The van der Waals surface area contributed by atoms with Gasteiger partial charge in [0.2, 0.25) is 5.88 Å². The number of hydrogen-bond donors (Lipinski definition) is 1. The molecule has 2 aromatic rings. The molecule has 0 atom stereocenters. The van der Waals surface area contributed by atoms with E-state index in [-0.39, 0.29) is 0 Å². The maximum absolute atomic E-state index is 5.55. The fourth-order valence-electron chi connectivity index (χ4n) is 2.10. The zero-order chi connectivity index (χ0) is 16.5. The number of ether oxygens (including phenoxy) is 1. The van der Waals surface area contributed by atoms with Gasteiger partial charge in [-0.15, -0.1) is 0 Å². The van der Waals surface area contributed by atoms with Gasteiger partial charge in [0.1, 0.15) is 0 Å². The van der Waals surface area contributed by atoms with E-state index in [2.05, 4.69) is 27.4 Å². The first-order valence-electron chi connectivity index (χ1n) is 7.77. The third-order valence-electron chi connectivity index (χ3n) is 3.25. The minimum atomic E-state index is 0.604. The smallest absolute Gasteiger partial charge is 0.218 e.